The summed E-state index contributed by atoms with van der Waals surface area (Å²) in [6.07, 6.45) is 2.49. The van der Waals surface area contributed by atoms with Gasteiger partial charge in [0.05, 0.1) is 0 Å². The second-order valence-electron chi connectivity index (χ2n) is 4.11. The van der Waals surface area contributed by atoms with E-state index in [2.05, 4.69) is 38.1 Å². The van der Waals surface area contributed by atoms with E-state index >= 15 is 0 Å². The van der Waals surface area contributed by atoms with Gasteiger partial charge in [0.15, 0.2) is 0 Å². The average Bonchev–Trinajstić information content (AvgIpc) is 2.27. The van der Waals surface area contributed by atoms with E-state index in [4.69, 9.17) is 0 Å². The molecule has 0 aliphatic carbocycles. The van der Waals surface area contributed by atoms with Crippen LogP contribution in [0.2, 0.25) is 0 Å². The maximum absolute atomic E-state index is 11.6. The minimum absolute atomic E-state index is 0.206. The van der Waals surface area contributed by atoms with Gasteiger partial charge in [0.1, 0.15) is 5.78 Å². The van der Waals surface area contributed by atoms with Gasteiger partial charge in [-0.2, -0.15) is 0 Å². The quantitative estimate of drug-likeness (QED) is 0.717. The summed E-state index contributed by atoms with van der Waals surface area (Å²) < 4.78 is 0. The lowest BCUT2D eigenvalue weighted by atomic mass is 9.91. The van der Waals surface area contributed by atoms with Crippen LogP contribution in [0.5, 0.6) is 0 Å². The molecule has 0 amide bonds. The molecule has 82 valence electrons. The number of carbonyl (C=O) groups excluding carboxylic acids is 1. The Morgan fingerprint density at radius 2 is 1.80 bits per heavy atom. The van der Waals surface area contributed by atoms with E-state index in [1.807, 2.05) is 6.92 Å². The lowest BCUT2D eigenvalue weighted by Gasteiger charge is -2.12. The van der Waals surface area contributed by atoms with E-state index in [1.54, 1.807) is 0 Å². The molecule has 1 aromatic rings. The van der Waals surface area contributed by atoms with Gasteiger partial charge in [-0.15, -0.1) is 0 Å². The Bertz CT molecular complexity index is 311. The minimum atomic E-state index is 0.206. The molecule has 0 saturated carbocycles. The zero-order chi connectivity index (χ0) is 11.3. The van der Waals surface area contributed by atoms with Crippen molar-refractivity contribution in [2.24, 2.45) is 5.92 Å². The first-order valence-electron chi connectivity index (χ1n) is 5.75. The highest BCUT2D eigenvalue weighted by atomic mass is 16.1. The molecule has 0 fully saturated rings. The molecule has 1 atom stereocenters. The van der Waals surface area contributed by atoms with Crippen molar-refractivity contribution in [1.29, 1.82) is 0 Å². The van der Waals surface area contributed by atoms with E-state index < -0.39 is 0 Å². The van der Waals surface area contributed by atoms with Crippen molar-refractivity contribution in [3.63, 3.8) is 0 Å². The number of ketones is 1. The van der Waals surface area contributed by atoms with Crippen molar-refractivity contribution in [2.45, 2.75) is 40.0 Å². The minimum Gasteiger partial charge on any atom is -0.299 e. The summed E-state index contributed by atoms with van der Waals surface area (Å²) in [5.41, 5.74) is 2.54. The zero-order valence-corrected chi connectivity index (χ0v) is 9.92. The van der Waals surface area contributed by atoms with Gasteiger partial charge in [0.25, 0.3) is 0 Å². The molecular weight excluding hydrogens is 184 g/mol. The Labute approximate surface area is 92.5 Å². The van der Waals surface area contributed by atoms with Gasteiger partial charge in [-0.05, 0) is 25.3 Å². The second-order valence-corrected chi connectivity index (χ2v) is 4.11. The Kier molecular flexibility index (Phi) is 4.54. The highest BCUT2D eigenvalue weighted by Crippen LogP contribution is 2.15. The SMILES string of the molecule is CCC(=O)C(CC)Cc1ccc(C)cc1. The molecular formula is C14H20O. The molecule has 0 aromatic heterocycles. The largest absolute Gasteiger partial charge is 0.299 e. The van der Waals surface area contributed by atoms with Crippen molar-refractivity contribution in [2.75, 3.05) is 0 Å². The van der Waals surface area contributed by atoms with E-state index in [1.165, 1.54) is 11.1 Å². The van der Waals surface area contributed by atoms with Crippen LogP contribution >= 0.6 is 0 Å². The first-order valence-corrected chi connectivity index (χ1v) is 5.75. The first kappa shape index (κ1) is 12.0. The summed E-state index contributed by atoms with van der Waals surface area (Å²) in [6, 6.07) is 8.47. The highest BCUT2D eigenvalue weighted by molar-refractivity contribution is 5.80. The third-order valence-corrected chi connectivity index (χ3v) is 2.90. The van der Waals surface area contributed by atoms with Crippen LogP contribution in [0.4, 0.5) is 0 Å². The number of aryl methyl sites for hydroxylation is 1. The monoisotopic (exact) mass is 204 g/mol. The first-order chi connectivity index (χ1) is 7.17. The van der Waals surface area contributed by atoms with Crippen LogP contribution in [0, 0.1) is 12.8 Å². The molecule has 1 nitrogen and oxygen atoms in total. The summed E-state index contributed by atoms with van der Waals surface area (Å²) in [5, 5.41) is 0. The fourth-order valence-corrected chi connectivity index (χ4v) is 1.78. The molecule has 0 heterocycles. The normalized spacial score (nSPS) is 12.5. The number of hydrogen-bond acceptors (Lipinski definition) is 1. The molecule has 1 aromatic carbocycles. The Morgan fingerprint density at radius 3 is 2.27 bits per heavy atom. The zero-order valence-electron chi connectivity index (χ0n) is 9.92. The molecule has 0 spiro atoms. The maximum atomic E-state index is 11.6. The van der Waals surface area contributed by atoms with Gasteiger partial charge in [-0.1, -0.05) is 43.7 Å². The summed E-state index contributed by atoms with van der Waals surface area (Å²) in [5.74, 6) is 0.593. The third-order valence-electron chi connectivity index (χ3n) is 2.90. The van der Waals surface area contributed by atoms with Crippen LogP contribution in [0.1, 0.15) is 37.8 Å². The molecule has 0 aliphatic heterocycles. The van der Waals surface area contributed by atoms with Crippen LogP contribution < -0.4 is 0 Å². The Morgan fingerprint density at radius 1 is 1.20 bits per heavy atom. The Hall–Kier alpha value is -1.11. The summed E-state index contributed by atoms with van der Waals surface area (Å²) in [4.78, 5) is 11.6. The average molecular weight is 204 g/mol. The van der Waals surface area contributed by atoms with Gasteiger partial charge >= 0.3 is 0 Å². The Balaban J connectivity index is 2.66. The molecule has 0 saturated heterocycles. The molecule has 1 unspecified atom stereocenters. The number of rotatable bonds is 5. The van der Waals surface area contributed by atoms with E-state index in [-0.39, 0.29) is 5.92 Å². The summed E-state index contributed by atoms with van der Waals surface area (Å²) >= 11 is 0. The van der Waals surface area contributed by atoms with Crippen LogP contribution in [0.25, 0.3) is 0 Å². The van der Waals surface area contributed by atoms with E-state index in [0.717, 1.165) is 12.8 Å². The van der Waals surface area contributed by atoms with E-state index in [9.17, 15) is 4.79 Å². The molecule has 1 rings (SSSR count). The van der Waals surface area contributed by atoms with Gasteiger partial charge < -0.3 is 0 Å². The van der Waals surface area contributed by atoms with Gasteiger partial charge in [-0.25, -0.2) is 0 Å². The fraction of sp³-hybridized carbons (Fsp3) is 0.500. The number of Topliss-reactive ketones (excluding diaryl/α,β-unsaturated/α-hetero) is 1. The topological polar surface area (TPSA) is 17.1 Å². The number of benzene rings is 1. The molecule has 0 radical (unpaired) electrons. The van der Waals surface area contributed by atoms with Crippen molar-refractivity contribution in [3.8, 4) is 0 Å². The standard InChI is InChI=1S/C14H20O/c1-4-13(14(15)5-2)10-12-8-6-11(3)7-9-12/h6-9,13H,4-5,10H2,1-3H3. The maximum Gasteiger partial charge on any atom is 0.136 e. The van der Waals surface area contributed by atoms with Gasteiger partial charge in [-0.3, -0.25) is 4.79 Å². The van der Waals surface area contributed by atoms with Crippen molar-refractivity contribution < 1.29 is 4.79 Å². The van der Waals surface area contributed by atoms with Crippen molar-refractivity contribution in [1.82, 2.24) is 0 Å². The van der Waals surface area contributed by atoms with Crippen molar-refractivity contribution in [3.05, 3.63) is 35.4 Å². The van der Waals surface area contributed by atoms with Crippen LogP contribution in [0.3, 0.4) is 0 Å². The van der Waals surface area contributed by atoms with E-state index in [0.29, 0.717) is 12.2 Å². The predicted octanol–water partition coefficient (Wildman–Crippen LogP) is 3.54. The van der Waals surface area contributed by atoms with Crippen molar-refractivity contribution >= 4 is 5.78 Å². The number of hydrogen-bond donors (Lipinski definition) is 0. The lowest BCUT2D eigenvalue weighted by Crippen LogP contribution is -2.15. The lowest BCUT2D eigenvalue weighted by molar-refractivity contribution is -0.122. The second kappa shape index (κ2) is 5.69. The summed E-state index contributed by atoms with van der Waals surface area (Å²) in [7, 11) is 0. The molecule has 1 heteroatoms. The van der Waals surface area contributed by atoms with Gasteiger partial charge in [0, 0.05) is 12.3 Å². The molecule has 0 bridgehead atoms. The van der Waals surface area contributed by atoms with Crippen LogP contribution in [-0.2, 0) is 11.2 Å². The number of carbonyl (C=O) groups is 1. The molecule has 0 N–H and O–H groups in total. The summed E-state index contributed by atoms with van der Waals surface area (Å²) in [6.45, 7) is 6.12. The fourth-order valence-electron chi connectivity index (χ4n) is 1.78. The van der Waals surface area contributed by atoms with Crippen LogP contribution in [-0.4, -0.2) is 5.78 Å². The third kappa shape index (κ3) is 3.50. The molecule has 0 aliphatic rings. The van der Waals surface area contributed by atoms with Crippen LogP contribution in [0.15, 0.2) is 24.3 Å². The smallest absolute Gasteiger partial charge is 0.136 e. The molecule has 15 heavy (non-hydrogen) atoms. The highest BCUT2D eigenvalue weighted by Gasteiger charge is 2.14. The van der Waals surface area contributed by atoms with Gasteiger partial charge in [0.2, 0.25) is 0 Å². The predicted molar refractivity (Wildman–Crippen MR) is 64.0 cm³/mol.